The standard InChI is InChI=1S/C17H15BrN4O/c1-11(2)16-21-15-7-6-12(18)9-14(15)17(23)22(16)20-10-13-5-3-4-8-19-13/h3-11H,1-2H3. The van der Waals surface area contributed by atoms with Gasteiger partial charge in [-0.25, -0.2) is 4.98 Å². The quantitative estimate of drug-likeness (QED) is 0.662. The second kappa shape index (κ2) is 6.42. The van der Waals surface area contributed by atoms with Crippen LogP contribution in [0.15, 0.2) is 57.0 Å². The number of hydrogen-bond donors (Lipinski definition) is 0. The van der Waals surface area contributed by atoms with E-state index in [4.69, 9.17) is 0 Å². The minimum Gasteiger partial charge on any atom is -0.267 e. The van der Waals surface area contributed by atoms with E-state index < -0.39 is 0 Å². The van der Waals surface area contributed by atoms with Crippen molar-refractivity contribution in [3.05, 3.63) is 68.9 Å². The van der Waals surface area contributed by atoms with Gasteiger partial charge in [0.1, 0.15) is 5.82 Å². The van der Waals surface area contributed by atoms with Gasteiger partial charge >= 0.3 is 0 Å². The predicted octanol–water partition coefficient (Wildman–Crippen LogP) is 3.56. The summed E-state index contributed by atoms with van der Waals surface area (Å²) >= 11 is 3.39. The maximum absolute atomic E-state index is 12.8. The van der Waals surface area contributed by atoms with Crippen molar-refractivity contribution in [3.63, 3.8) is 0 Å². The van der Waals surface area contributed by atoms with Gasteiger partial charge < -0.3 is 0 Å². The van der Waals surface area contributed by atoms with Crippen LogP contribution < -0.4 is 5.56 Å². The highest BCUT2D eigenvalue weighted by molar-refractivity contribution is 9.10. The highest BCUT2D eigenvalue weighted by atomic mass is 79.9. The second-order valence-electron chi connectivity index (χ2n) is 5.40. The monoisotopic (exact) mass is 370 g/mol. The van der Waals surface area contributed by atoms with E-state index in [9.17, 15) is 4.79 Å². The average Bonchev–Trinajstić information content (AvgIpc) is 2.55. The molecular weight excluding hydrogens is 356 g/mol. The molecule has 1 aromatic carbocycles. The zero-order valence-corrected chi connectivity index (χ0v) is 14.4. The van der Waals surface area contributed by atoms with Crippen molar-refractivity contribution in [3.8, 4) is 0 Å². The van der Waals surface area contributed by atoms with E-state index in [1.807, 2.05) is 44.2 Å². The molecule has 0 saturated heterocycles. The second-order valence-corrected chi connectivity index (χ2v) is 6.32. The molecule has 23 heavy (non-hydrogen) atoms. The van der Waals surface area contributed by atoms with Gasteiger partial charge in [0, 0.05) is 16.6 Å². The summed E-state index contributed by atoms with van der Waals surface area (Å²) in [5, 5.41) is 4.85. The molecule has 0 fully saturated rings. The van der Waals surface area contributed by atoms with Crippen molar-refractivity contribution in [1.29, 1.82) is 0 Å². The Labute approximate surface area is 141 Å². The van der Waals surface area contributed by atoms with Crippen LogP contribution in [0.3, 0.4) is 0 Å². The molecule has 0 amide bonds. The third-order valence-electron chi connectivity index (χ3n) is 3.34. The van der Waals surface area contributed by atoms with E-state index in [1.165, 1.54) is 4.68 Å². The molecule has 0 radical (unpaired) electrons. The predicted molar refractivity (Wildman–Crippen MR) is 95.0 cm³/mol. The number of pyridine rings is 1. The number of aromatic nitrogens is 3. The van der Waals surface area contributed by atoms with Crippen molar-refractivity contribution >= 4 is 33.0 Å². The van der Waals surface area contributed by atoms with Gasteiger partial charge in [-0.1, -0.05) is 35.8 Å². The van der Waals surface area contributed by atoms with Gasteiger partial charge in [-0.15, -0.1) is 0 Å². The summed E-state index contributed by atoms with van der Waals surface area (Å²) in [4.78, 5) is 21.6. The Morgan fingerprint density at radius 3 is 2.78 bits per heavy atom. The normalized spacial score (nSPS) is 11.7. The lowest BCUT2D eigenvalue weighted by atomic mass is 10.2. The lowest BCUT2D eigenvalue weighted by molar-refractivity contribution is 0.665. The molecule has 6 heteroatoms. The first-order chi connectivity index (χ1) is 11.1. The van der Waals surface area contributed by atoms with Crippen molar-refractivity contribution < 1.29 is 0 Å². The van der Waals surface area contributed by atoms with E-state index in [0.717, 1.165) is 4.47 Å². The minimum atomic E-state index is -0.188. The van der Waals surface area contributed by atoms with Crippen LogP contribution in [-0.2, 0) is 0 Å². The summed E-state index contributed by atoms with van der Waals surface area (Å²) in [6.45, 7) is 3.97. The molecular formula is C17H15BrN4O. The number of nitrogens with zero attached hydrogens (tertiary/aromatic N) is 4. The number of rotatable bonds is 3. The molecule has 2 aromatic heterocycles. The summed E-state index contributed by atoms with van der Waals surface area (Å²) in [6.07, 6.45) is 3.25. The highest BCUT2D eigenvalue weighted by Gasteiger charge is 2.13. The zero-order valence-electron chi connectivity index (χ0n) is 12.8. The SMILES string of the molecule is CC(C)c1nc2ccc(Br)cc2c(=O)n1N=Cc1ccccn1. The summed E-state index contributed by atoms with van der Waals surface area (Å²) in [5.41, 5.74) is 1.17. The molecule has 3 aromatic rings. The molecule has 0 aliphatic rings. The molecule has 0 spiro atoms. The average molecular weight is 371 g/mol. The van der Waals surface area contributed by atoms with Gasteiger partial charge in [0.15, 0.2) is 0 Å². The van der Waals surface area contributed by atoms with Crippen LogP contribution >= 0.6 is 15.9 Å². The minimum absolute atomic E-state index is 0.0663. The van der Waals surface area contributed by atoms with Gasteiger partial charge in [0.05, 0.1) is 22.8 Å². The summed E-state index contributed by atoms with van der Waals surface area (Å²) in [7, 11) is 0. The molecule has 0 unspecified atom stereocenters. The third-order valence-corrected chi connectivity index (χ3v) is 3.84. The maximum atomic E-state index is 12.8. The number of halogens is 1. The smallest absolute Gasteiger partial charge is 0.267 e. The summed E-state index contributed by atoms with van der Waals surface area (Å²) < 4.78 is 2.19. The van der Waals surface area contributed by atoms with Crippen molar-refractivity contribution in [2.75, 3.05) is 0 Å². The largest absolute Gasteiger partial charge is 0.282 e. The van der Waals surface area contributed by atoms with Crippen molar-refractivity contribution in [1.82, 2.24) is 14.6 Å². The van der Waals surface area contributed by atoms with Crippen molar-refractivity contribution in [2.24, 2.45) is 5.10 Å². The van der Waals surface area contributed by atoms with Gasteiger partial charge in [-0.3, -0.25) is 9.78 Å². The Morgan fingerprint density at radius 2 is 2.09 bits per heavy atom. The fourth-order valence-electron chi connectivity index (χ4n) is 2.22. The Balaban J connectivity index is 2.21. The van der Waals surface area contributed by atoms with Gasteiger partial charge in [0.25, 0.3) is 5.56 Å². The summed E-state index contributed by atoms with van der Waals surface area (Å²) in [6, 6.07) is 11.0. The topological polar surface area (TPSA) is 60.1 Å². The number of hydrogen-bond acceptors (Lipinski definition) is 4. The fraction of sp³-hybridized carbons (Fsp3) is 0.176. The molecule has 0 aliphatic carbocycles. The van der Waals surface area contributed by atoms with Crippen LogP contribution in [0.25, 0.3) is 10.9 Å². The van der Waals surface area contributed by atoms with Crippen LogP contribution in [0.2, 0.25) is 0 Å². The molecule has 5 nitrogen and oxygen atoms in total. The van der Waals surface area contributed by atoms with E-state index in [1.54, 1.807) is 18.5 Å². The fourth-order valence-corrected chi connectivity index (χ4v) is 2.58. The van der Waals surface area contributed by atoms with Crippen LogP contribution in [0.5, 0.6) is 0 Å². The van der Waals surface area contributed by atoms with E-state index in [0.29, 0.717) is 22.4 Å². The lowest BCUT2D eigenvalue weighted by Gasteiger charge is -2.11. The first-order valence-electron chi connectivity index (χ1n) is 7.24. The molecule has 0 saturated carbocycles. The van der Waals surface area contributed by atoms with Crippen LogP contribution in [0.1, 0.15) is 31.3 Å². The number of fused-ring (bicyclic) bond motifs is 1. The molecule has 0 atom stereocenters. The first kappa shape index (κ1) is 15.6. The first-order valence-corrected chi connectivity index (χ1v) is 8.03. The van der Waals surface area contributed by atoms with Gasteiger partial charge in [-0.2, -0.15) is 9.78 Å². The molecule has 0 aliphatic heterocycles. The molecule has 0 N–H and O–H groups in total. The number of benzene rings is 1. The molecule has 2 heterocycles. The Kier molecular flexibility index (Phi) is 4.34. The van der Waals surface area contributed by atoms with Crippen LogP contribution in [-0.4, -0.2) is 20.9 Å². The highest BCUT2D eigenvalue weighted by Crippen LogP contribution is 2.18. The Hall–Kier alpha value is -2.34. The van der Waals surface area contributed by atoms with Gasteiger partial charge in [0.2, 0.25) is 0 Å². The molecule has 116 valence electrons. The third kappa shape index (κ3) is 3.22. The van der Waals surface area contributed by atoms with E-state index >= 15 is 0 Å². The maximum Gasteiger partial charge on any atom is 0.282 e. The van der Waals surface area contributed by atoms with Crippen LogP contribution in [0.4, 0.5) is 0 Å². The van der Waals surface area contributed by atoms with E-state index in [2.05, 4.69) is 31.0 Å². The van der Waals surface area contributed by atoms with E-state index in [-0.39, 0.29) is 11.5 Å². The zero-order chi connectivity index (χ0) is 16.4. The molecule has 0 bridgehead atoms. The molecule has 3 rings (SSSR count). The Morgan fingerprint density at radius 1 is 1.26 bits per heavy atom. The lowest BCUT2D eigenvalue weighted by Crippen LogP contribution is -2.23. The van der Waals surface area contributed by atoms with Crippen LogP contribution in [0, 0.1) is 0 Å². The Bertz CT molecular complexity index is 932. The summed E-state index contributed by atoms with van der Waals surface area (Å²) in [5.74, 6) is 0.689. The van der Waals surface area contributed by atoms with Gasteiger partial charge in [-0.05, 0) is 30.3 Å². The van der Waals surface area contributed by atoms with Crippen molar-refractivity contribution in [2.45, 2.75) is 19.8 Å².